The highest BCUT2D eigenvalue weighted by atomic mass is 35.5. The molecule has 0 spiro atoms. The van der Waals surface area contributed by atoms with E-state index in [1.165, 1.54) is 0 Å². The number of amides is 1. The lowest BCUT2D eigenvalue weighted by Gasteiger charge is -2.29. The summed E-state index contributed by atoms with van der Waals surface area (Å²) in [6, 6.07) is 7.43. The van der Waals surface area contributed by atoms with E-state index in [1.54, 1.807) is 6.20 Å². The van der Waals surface area contributed by atoms with Crippen LogP contribution in [0.3, 0.4) is 0 Å². The average molecular weight is 331 g/mol. The molecule has 0 aliphatic carbocycles. The summed E-state index contributed by atoms with van der Waals surface area (Å²) in [6.07, 6.45) is 2.55. The molecule has 0 bridgehead atoms. The van der Waals surface area contributed by atoms with Crippen LogP contribution in [0.25, 0.3) is 0 Å². The first kappa shape index (κ1) is 15.7. The fourth-order valence-corrected chi connectivity index (χ4v) is 2.82. The van der Waals surface area contributed by atoms with Gasteiger partial charge in [0.1, 0.15) is 0 Å². The molecular formula is C17H19ClN4O. The van der Waals surface area contributed by atoms with Crippen molar-refractivity contribution in [3.8, 4) is 0 Å². The zero-order valence-electron chi connectivity index (χ0n) is 13.2. The number of carbonyl (C=O) groups excluding carboxylic acids is 1. The zero-order chi connectivity index (χ0) is 16.4. The van der Waals surface area contributed by atoms with Crippen molar-refractivity contribution in [3.05, 3.63) is 46.7 Å². The molecule has 1 aliphatic rings. The van der Waals surface area contributed by atoms with Crippen LogP contribution in [0.2, 0.25) is 5.02 Å². The van der Waals surface area contributed by atoms with E-state index in [4.69, 9.17) is 11.6 Å². The summed E-state index contributed by atoms with van der Waals surface area (Å²) >= 11 is 5.98. The van der Waals surface area contributed by atoms with Gasteiger partial charge < -0.3 is 10.2 Å². The third-order valence-corrected chi connectivity index (χ3v) is 4.06. The maximum atomic E-state index is 12.1. The number of halogens is 1. The Morgan fingerprint density at radius 1 is 1.39 bits per heavy atom. The molecule has 6 heteroatoms. The fourth-order valence-electron chi connectivity index (χ4n) is 2.62. The SMILES string of the molecule is CC(C)C(=O)N1CCc2nc(Nc3cccc(Cl)c3)ncc2C1. The maximum absolute atomic E-state index is 12.1. The summed E-state index contributed by atoms with van der Waals surface area (Å²) < 4.78 is 0. The second-order valence-corrected chi connectivity index (χ2v) is 6.40. The number of benzene rings is 1. The molecule has 23 heavy (non-hydrogen) atoms. The summed E-state index contributed by atoms with van der Waals surface area (Å²) in [5, 5.41) is 3.82. The number of anilines is 2. The average Bonchev–Trinajstić information content (AvgIpc) is 2.53. The lowest BCUT2D eigenvalue weighted by molar-refractivity contribution is -0.135. The molecule has 3 rings (SSSR count). The first-order valence-electron chi connectivity index (χ1n) is 7.69. The molecule has 1 N–H and O–H groups in total. The lowest BCUT2D eigenvalue weighted by Crippen LogP contribution is -2.38. The van der Waals surface area contributed by atoms with Gasteiger partial charge in [-0.05, 0) is 18.2 Å². The van der Waals surface area contributed by atoms with Crippen molar-refractivity contribution in [1.29, 1.82) is 0 Å². The Balaban J connectivity index is 1.75. The van der Waals surface area contributed by atoms with Crippen LogP contribution in [0, 0.1) is 5.92 Å². The van der Waals surface area contributed by atoms with Crippen LogP contribution < -0.4 is 5.32 Å². The molecule has 1 aromatic carbocycles. The third-order valence-electron chi connectivity index (χ3n) is 3.82. The van der Waals surface area contributed by atoms with E-state index >= 15 is 0 Å². The van der Waals surface area contributed by atoms with Crippen molar-refractivity contribution in [2.75, 3.05) is 11.9 Å². The quantitative estimate of drug-likeness (QED) is 0.937. The zero-order valence-corrected chi connectivity index (χ0v) is 14.0. The van der Waals surface area contributed by atoms with Crippen LogP contribution in [-0.2, 0) is 17.8 Å². The number of nitrogens with zero attached hydrogens (tertiary/aromatic N) is 3. The van der Waals surface area contributed by atoms with E-state index in [0.29, 0.717) is 24.1 Å². The molecule has 0 radical (unpaired) electrons. The van der Waals surface area contributed by atoms with Crippen LogP contribution in [0.4, 0.5) is 11.6 Å². The van der Waals surface area contributed by atoms with E-state index in [2.05, 4.69) is 15.3 Å². The van der Waals surface area contributed by atoms with Gasteiger partial charge in [0.05, 0.1) is 5.69 Å². The van der Waals surface area contributed by atoms with Crippen LogP contribution in [0.5, 0.6) is 0 Å². The van der Waals surface area contributed by atoms with E-state index in [9.17, 15) is 4.79 Å². The van der Waals surface area contributed by atoms with Gasteiger partial charge in [-0.1, -0.05) is 31.5 Å². The Hall–Kier alpha value is -2.14. The summed E-state index contributed by atoms with van der Waals surface area (Å²) in [4.78, 5) is 22.9. The van der Waals surface area contributed by atoms with Gasteiger partial charge in [-0.15, -0.1) is 0 Å². The number of nitrogens with one attached hydrogen (secondary N) is 1. The largest absolute Gasteiger partial charge is 0.338 e. The van der Waals surface area contributed by atoms with Crippen molar-refractivity contribution < 1.29 is 4.79 Å². The van der Waals surface area contributed by atoms with E-state index in [-0.39, 0.29) is 11.8 Å². The molecule has 0 saturated heterocycles. The fraction of sp³-hybridized carbons (Fsp3) is 0.353. The Kier molecular flexibility index (Phi) is 4.48. The molecule has 2 aromatic rings. The molecule has 5 nitrogen and oxygen atoms in total. The first-order chi connectivity index (χ1) is 11.0. The molecule has 0 saturated carbocycles. The lowest BCUT2D eigenvalue weighted by atomic mass is 10.1. The summed E-state index contributed by atoms with van der Waals surface area (Å²) in [6.45, 7) is 5.14. The topological polar surface area (TPSA) is 58.1 Å². The van der Waals surface area contributed by atoms with Crippen LogP contribution in [-0.4, -0.2) is 27.3 Å². The predicted octanol–water partition coefficient (Wildman–Crippen LogP) is 3.41. The Morgan fingerprint density at radius 3 is 2.96 bits per heavy atom. The van der Waals surface area contributed by atoms with E-state index in [0.717, 1.165) is 23.4 Å². The maximum Gasteiger partial charge on any atom is 0.227 e. The number of fused-ring (bicyclic) bond motifs is 1. The van der Waals surface area contributed by atoms with Crippen molar-refractivity contribution in [2.45, 2.75) is 26.8 Å². The van der Waals surface area contributed by atoms with Gasteiger partial charge in [0, 0.05) is 47.9 Å². The Morgan fingerprint density at radius 2 is 2.22 bits per heavy atom. The minimum Gasteiger partial charge on any atom is -0.338 e. The number of rotatable bonds is 3. The first-order valence-corrected chi connectivity index (χ1v) is 8.07. The summed E-state index contributed by atoms with van der Waals surface area (Å²) in [5.41, 5.74) is 2.86. The second kappa shape index (κ2) is 6.54. The van der Waals surface area contributed by atoms with E-state index in [1.807, 2.05) is 43.0 Å². The summed E-state index contributed by atoms with van der Waals surface area (Å²) in [5.74, 6) is 0.743. The molecule has 1 amide bonds. The van der Waals surface area contributed by atoms with Crippen LogP contribution >= 0.6 is 11.6 Å². The molecule has 0 fully saturated rings. The van der Waals surface area contributed by atoms with Gasteiger partial charge in [0.2, 0.25) is 11.9 Å². The standard InChI is InChI=1S/C17H19ClN4O/c1-11(2)16(23)22-7-6-15-12(10-22)9-19-17(21-15)20-14-5-3-4-13(18)8-14/h3-5,8-9,11H,6-7,10H2,1-2H3,(H,19,20,21). The number of aromatic nitrogens is 2. The molecule has 120 valence electrons. The molecule has 1 aromatic heterocycles. The van der Waals surface area contributed by atoms with Crippen molar-refractivity contribution in [1.82, 2.24) is 14.9 Å². The van der Waals surface area contributed by atoms with Gasteiger partial charge in [-0.3, -0.25) is 4.79 Å². The molecular weight excluding hydrogens is 312 g/mol. The monoisotopic (exact) mass is 330 g/mol. The number of carbonyl (C=O) groups is 1. The van der Waals surface area contributed by atoms with Crippen molar-refractivity contribution in [2.24, 2.45) is 5.92 Å². The Labute approximate surface area is 140 Å². The van der Waals surface area contributed by atoms with Crippen molar-refractivity contribution >= 4 is 29.1 Å². The molecule has 2 heterocycles. The number of hydrogen-bond acceptors (Lipinski definition) is 4. The normalized spacial score (nSPS) is 13.8. The van der Waals surface area contributed by atoms with Gasteiger partial charge in [-0.25, -0.2) is 9.97 Å². The minimum absolute atomic E-state index is 0.0150. The Bertz CT molecular complexity index is 732. The highest BCUT2D eigenvalue weighted by Crippen LogP contribution is 2.22. The van der Waals surface area contributed by atoms with E-state index < -0.39 is 0 Å². The third kappa shape index (κ3) is 3.62. The second-order valence-electron chi connectivity index (χ2n) is 5.97. The molecule has 1 aliphatic heterocycles. The predicted molar refractivity (Wildman–Crippen MR) is 90.7 cm³/mol. The van der Waals surface area contributed by atoms with Crippen LogP contribution in [0.15, 0.2) is 30.5 Å². The molecule has 0 unspecified atom stereocenters. The van der Waals surface area contributed by atoms with Gasteiger partial charge in [0.25, 0.3) is 0 Å². The highest BCUT2D eigenvalue weighted by molar-refractivity contribution is 6.30. The van der Waals surface area contributed by atoms with Crippen molar-refractivity contribution in [3.63, 3.8) is 0 Å². The van der Waals surface area contributed by atoms with Gasteiger partial charge in [0.15, 0.2) is 0 Å². The molecule has 0 atom stereocenters. The van der Waals surface area contributed by atoms with Gasteiger partial charge >= 0.3 is 0 Å². The highest BCUT2D eigenvalue weighted by Gasteiger charge is 2.23. The minimum atomic E-state index is 0.0150. The number of hydrogen-bond donors (Lipinski definition) is 1. The van der Waals surface area contributed by atoms with Gasteiger partial charge in [-0.2, -0.15) is 0 Å². The summed E-state index contributed by atoms with van der Waals surface area (Å²) in [7, 11) is 0. The smallest absolute Gasteiger partial charge is 0.227 e. The van der Waals surface area contributed by atoms with Crippen LogP contribution in [0.1, 0.15) is 25.1 Å².